The number of anilines is 1. The summed E-state index contributed by atoms with van der Waals surface area (Å²) in [5, 5.41) is 5.17. The fourth-order valence-electron chi connectivity index (χ4n) is 2.27. The maximum absolute atomic E-state index is 11.9. The van der Waals surface area contributed by atoms with Crippen molar-refractivity contribution in [2.24, 2.45) is 0 Å². The topological polar surface area (TPSA) is 76.7 Å². The molecule has 6 nitrogen and oxygen atoms in total. The van der Waals surface area contributed by atoms with Gasteiger partial charge in [0.2, 0.25) is 0 Å². The Kier molecular flexibility index (Phi) is 7.02. The van der Waals surface area contributed by atoms with E-state index in [2.05, 4.69) is 10.6 Å². The Hall–Kier alpha value is -3.02. The minimum atomic E-state index is -0.697. The SMILES string of the molecule is COc1ccc(CCNC(=O)C(=O)Nc2ccc(OC(C)C)cc2)cc1. The second-order valence-corrected chi connectivity index (χ2v) is 6.00. The first-order chi connectivity index (χ1) is 12.5. The fourth-order valence-corrected chi connectivity index (χ4v) is 2.27. The Balaban J connectivity index is 1.77. The number of methoxy groups -OCH3 is 1. The van der Waals surface area contributed by atoms with Gasteiger partial charge in [-0.3, -0.25) is 9.59 Å². The van der Waals surface area contributed by atoms with Crippen LogP contribution in [0.5, 0.6) is 11.5 Å². The van der Waals surface area contributed by atoms with Crippen LogP contribution in [0.25, 0.3) is 0 Å². The summed E-state index contributed by atoms with van der Waals surface area (Å²) in [7, 11) is 1.61. The predicted molar refractivity (Wildman–Crippen MR) is 101 cm³/mol. The van der Waals surface area contributed by atoms with Gasteiger partial charge in [0.1, 0.15) is 11.5 Å². The normalized spacial score (nSPS) is 10.3. The fraction of sp³-hybridized carbons (Fsp3) is 0.300. The third kappa shape index (κ3) is 6.12. The maximum atomic E-state index is 11.9. The van der Waals surface area contributed by atoms with Crippen LogP contribution in [0.4, 0.5) is 5.69 Å². The van der Waals surface area contributed by atoms with Crippen LogP contribution >= 0.6 is 0 Å². The van der Waals surface area contributed by atoms with E-state index in [1.54, 1.807) is 31.4 Å². The van der Waals surface area contributed by atoms with E-state index < -0.39 is 11.8 Å². The number of hydrogen-bond donors (Lipinski definition) is 2. The molecule has 0 aromatic heterocycles. The summed E-state index contributed by atoms with van der Waals surface area (Å²) >= 11 is 0. The molecule has 0 bridgehead atoms. The summed E-state index contributed by atoms with van der Waals surface area (Å²) in [6.07, 6.45) is 0.705. The van der Waals surface area contributed by atoms with Crippen LogP contribution < -0.4 is 20.1 Å². The molecule has 0 spiro atoms. The number of rotatable bonds is 7. The molecule has 2 amide bonds. The lowest BCUT2D eigenvalue weighted by atomic mass is 10.1. The summed E-state index contributed by atoms with van der Waals surface area (Å²) < 4.78 is 10.6. The highest BCUT2D eigenvalue weighted by Crippen LogP contribution is 2.16. The van der Waals surface area contributed by atoms with E-state index >= 15 is 0 Å². The molecule has 2 N–H and O–H groups in total. The van der Waals surface area contributed by atoms with Crippen LogP contribution in [0.15, 0.2) is 48.5 Å². The van der Waals surface area contributed by atoms with Crippen LogP contribution in [-0.4, -0.2) is 31.6 Å². The first-order valence-corrected chi connectivity index (χ1v) is 8.46. The first kappa shape index (κ1) is 19.3. The van der Waals surface area contributed by atoms with E-state index in [0.29, 0.717) is 24.4 Å². The quantitative estimate of drug-likeness (QED) is 0.748. The highest BCUT2D eigenvalue weighted by atomic mass is 16.5. The Bertz CT molecular complexity index is 724. The highest BCUT2D eigenvalue weighted by molar-refractivity contribution is 6.39. The second kappa shape index (κ2) is 9.46. The van der Waals surface area contributed by atoms with E-state index in [9.17, 15) is 9.59 Å². The van der Waals surface area contributed by atoms with Crippen molar-refractivity contribution in [2.45, 2.75) is 26.4 Å². The van der Waals surface area contributed by atoms with Crippen LogP contribution in [0, 0.1) is 0 Å². The van der Waals surface area contributed by atoms with Crippen molar-refractivity contribution in [1.29, 1.82) is 0 Å². The highest BCUT2D eigenvalue weighted by Gasteiger charge is 2.13. The number of amides is 2. The van der Waals surface area contributed by atoms with Gasteiger partial charge in [-0.1, -0.05) is 12.1 Å². The molecule has 0 aliphatic heterocycles. The minimum Gasteiger partial charge on any atom is -0.497 e. The third-order valence-electron chi connectivity index (χ3n) is 3.55. The summed E-state index contributed by atoms with van der Waals surface area (Å²) in [4.78, 5) is 23.8. The molecule has 0 saturated carbocycles. The molecule has 6 heteroatoms. The average molecular weight is 356 g/mol. The standard InChI is InChI=1S/C20H24N2O4/c1-14(2)26-18-10-6-16(7-11-18)22-20(24)19(23)21-13-12-15-4-8-17(25-3)9-5-15/h4-11,14H,12-13H2,1-3H3,(H,21,23)(H,22,24). The van der Waals surface area contributed by atoms with Crippen molar-refractivity contribution in [1.82, 2.24) is 5.32 Å². The van der Waals surface area contributed by atoms with Crippen LogP contribution in [-0.2, 0) is 16.0 Å². The molecule has 138 valence electrons. The number of hydrogen-bond acceptors (Lipinski definition) is 4. The number of benzene rings is 2. The van der Waals surface area contributed by atoms with E-state index in [-0.39, 0.29) is 6.10 Å². The first-order valence-electron chi connectivity index (χ1n) is 8.46. The van der Waals surface area contributed by atoms with Crippen molar-refractivity contribution in [2.75, 3.05) is 19.0 Å². The lowest BCUT2D eigenvalue weighted by Crippen LogP contribution is -2.36. The number of nitrogens with one attached hydrogen (secondary N) is 2. The van der Waals surface area contributed by atoms with Crippen molar-refractivity contribution < 1.29 is 19.1 Å². The molecule has 0 heterocycles. The molecule has 0 radical (unpaired) electrons. The maximum Gasteiger partial charge on any atom is 0.313 e. The lowest BCUT2D eigenvalue weighted by Gasteiger charge is -2.10. The van der Waals surface area contributed by atoms with Gasteiger partial charge in [-0.15, -0.1) is 0 Å². The largest absolute Gasteiger partial charge is 0.497 e. The van der Waals surface area contributed by atoms with E-state index in [1.165, 1.54) is 0 Å². The van der Waals surface area contributed by atoms with Gasteiger partial charge >= 0.3 is 11.8 Å². The smallest absolute Gasteiger partial charge is 0.313 e. The van der Waals surface area contributed by atoms with Gasteiger partial charge in [-0.05, 0) is 62.2 Å². The summed E-state index contributed by atoms with van der Waals surface area (Å²) in [6.45, 7) is 4.25. The van der Waals surface area contributed by atoms with E-state index in [1.807, 2.05) is 38.1 Å². The molecule has 0 fully saturated rings. The van der Waals surface area contributed by atoms with Crippen LogP contribution in [0.1, 0.15) is 19.4 Å². The molecule has 0 aliphatic carbocycles. The molecular weight excluding hydrogens is 332 g/mol. The van der Waals surface area contributed by atoms with Gasteiger partial charge < -0.3 is 20.1 Å². The Morgan fingerprint density at radius 2 is 1.54 bits per heavy atom. The van der Waals surface area contributed by atoms with Crippen molar-refractivity contribution in [3.8, 4) is 11.5 Å². The van der Waals surface area contributed by atoms with Crippen molar-refractivity contribution in [3.05, 3.63) is 54.1 Å². The van der Waals surface area contributed by atoms with Crippen molar-refractivity contribution in [3.63, 3.8) is 0 Å². The molecule has 2 aromatic carbocycles. The zero-order valence-corrected chi connectivity index (χ0v) is 15.2. The van der Waals surface area contributed by atoms with Crippen LogP contribution in [0.3, 0.4) is 0 Å². The Morgan fingerprint density at radius 1 is 0.923 bits per heavy atom. The van der Waals surface area contributed by atoms with Gasteiger partial charge in [0.05, 0.1) is 13.2 Å². The minimum absolute atomic E-state index is 0.0759. The molecule has 2 aromatic rings. The lowest BCUT2D eigenvalue weighted by molar-refractivity contribution is -0.136. The van der Waals surface area contributed by atoms with Gasteiger partial charge in [0, 0.05) is 12.2 Å². The number of carbonyl (C=O) groups excluding carboxylic acids is 2. The Labute approximate surface area is 153 Å². The Morgan fingerprint density at radius 3 is 2.12 bits per heavy atom. The molecule has 26 heavy (non-hydrogen) atoms. The molecular formula is C20H24N2O4. The van der Waals surface area contributed by atoms with Gasteiger partial charge in [-0.25, -0.2) is 0 Å². The summed E-state index contributed by atoms with van der Waals surface area (Å²) in [6, 6.07) is 14.4. The predicted octanol–water partition coefficient (Wildman–Crippen LogP) is 2.78. The summed E-state index contributed by atoms with van der Waals surface area (Å²) in [5.74, 6) is 0.127. The molecule has 2 rings (SSSR count). The zero-order valence-electron chi connectivity index (χ0n) is 15.2. The van der Waals surface area contributed by atoms with Crippen LogP contribution in [0.2, 0.25) is 0 Å². The number of carbonyl (C=O) groups is 2. The third-order valence-corrected chi connectivity index (χ3v) is 3.55. The monoisotopic (exact) mass is 356 g/mol. The molecule has 0 atom stereocenters. The summed E-state index contributed by atoms with van der Waals surface area (Å²) in [5.41, 5.74) is 1.59. The average Bonchev–Trinajstić information content (AvgIpc) is 2.63. The number of ether oxygens (including phenoxy) is 2. The van der Waals surface area contributed by atoms with Gasteiger partial charge in [0.15, 0.2) is 0 Å². The molecule has 0 aliphatic rings. The van der Waals surface area contributed by atoms with Gasteiger partial charge in [-0.2, -0.15) is 0 Å². The van der Waals surface area contributed by atoms with E-state index in [4.69, 9.17) is 9.47 Å². The van der Waals surface area contributed by atoms with E-state index in [0.717, 1.165) is 11.3 Å². The molecule has 0 saturated heterocycles. The van der Waals surface area contributed by atoms with Gasteiger partial charge in [0.25, 0.3) is 0 Å². The van der Waals surface area contributed by atoms with Crippen molar-refractivity contribution >= 4 is 17.5 Å². The second-order valence-electron chi connectivity index (χ2n) is 6.00. The molecule has 0 unspecified atom stereocenters. The zero-order chi connectivity index (χ0) is 18.9.